The topological polar surface area (TPSA) is 135 Å². The zero-order chi connectivity index (χ0) is 20.0. The lowest BCUT2D eigenvalue weighted by molar-refractivity contribution is -0.000345. The maximum absolute atomic E-state index is 12.2. The smallest absolute Gasteiger partial charge is 0.240 e. The van der Waals surface area contributed by atoms with Crippen LogP contribution in [0.2, 0.25) is 0 Å². The van der Waals surface area contributed by atoms with Crippen molar-refractivity contribution in [3.8, 4) is 0 Å². The number of hydrogen-bond acceptors (Lipinski definition) is 8. The molecule has 0 unspecified atom stereocenters. The Bertz CT molecular complexity index is 627. The highest BCUT2D eigenvalue weighted by Crippen LogP contribution is 2.16. The molecule has 9 nitrogen and oxygen atoms in total. The molecular weight excluding hydrogens is 374 g/mol. The fraction of sp³-hybridized carbons (Fsp3) is 0.647. The third-order valence-electron chi connectivity index (χ3n) is 3.47. The zero-order valence-corrected chi connectivity index (χ0v) is 16.6. The highest BCUT2D eigenvalue weighted by Gasteiger charge is 2.13. The average molecular weight is 406 g/mol. The van der Waals surface area contributed by atoms with Gasteiger partial charge in [0.1, 0.15) is 0 Å². The molecule has 0 aliphatic heterocycles. The molecule has 1 aromatic carbocycles. The van der Waals surface area contributed by atoms with E-state index in [2.05, 4.69) is 4.72 Å². The quantitative estimate of drug-likeness (QED) is 0.256. The van der Waals surface area contributed by atoms with Gasteiger partial charge < -0.3 is 30.4 Å². The summed E-state index contributed by atoms with van der Waals surface area (Å²) in [6, 6.07) is 4.60. The summed E-state index contributed by atoms with van der Waals surface area (Å²) in [4.78, 5) is 0.186. The number of benzene rings is 1. The summed E-state index contributed by atoms with van der Waals surface area (Å²) in [6.07, 6.45) is 0. The Kier molecular flexibility index (Phi) is 12.2. The van der Waals surface area contributed by atoms with Crippen molar-refractivity contribution in [3.05, 3.63) is 23.8 Å². The molecule has 5 N–H and O–H groups in total. The molecule has 1 aromatic rings. The number of hydrogen-bond donors (Lipinski definition) is 3. The van der Waals surface area contributed by atoms with E-state index >= 15 is 0 Å². The summed E-state index contributed by atoms with van der Waals surface area (Å²) in [5.74, 6) is 0. The minimum absolute atomic E-state index is 0.178. The van der Waals surface area contributed by atoms with E-state index in [9.17, 15) is 8.42 Å². The number of ether oxygens (including phenoxy) is 4. The van der Waals surface area contributed by atoms with Crippen LogP contribution >= 0.6 is 0 Å². The zero-order valence-electron chi connectivity index (χ0n) is 15.8. The number of anilines is 1. The van der Waals surface area contributed by atoms with Crippen LogP contribution in [0.5, 0.6) is 0 Å². The molecule has 10 heteroatoms. The van der Waals surface area contributed by atoms with Gasteiger partial charge >= 0.3 is 0 Å². The van der Waals surface area contributed by atoms with E-state index in [4.69, 9.17) is 30.4 Å². The predicted octanol–water partition coefficient (Wildman–Crippen LogP) is -0.119. The first-order valence-corrected chi connectivity index (χ1v) is 10.3. The van der Waals surface area contributed by atoms with Crippen LogP contribution in [0.4, 0.5) is 5.69 Å². The van der Waals surface area contributed by atoms with Gasteiger partial charge in [0.05, 0.1) is 57.8 Å². The second kappa shape index (κ2) is 13.8. The van der Waals surface area contributed by atoms with Crippen molar-refractivity contribution in [2.45, 2.75) is 11.8 Å². The molecule has 27 heavy (non-hydrogen) atoms. The van der Waals surface area contributed by atoms with Gasteiger partial charge in [0, 0.05) is 18.8 Å². The maximum Gasteiger partial charge on any atom is 0.240 e. The number of rotatable bonds is 16. The molecular formula is C17H31N3O6S. The molecule has 0 atom stereocenters. The van der Waals surface area contributed by atoms with Gasteiger partial charge in [-0.1, -0.05) is 0 Å². The van der Waals surface area contributed by atoms with Crippen LogP contribution in [0, 0.1) is 6.92 Å². The Balaban J connectivity index is 2.00. The summed E-state index contributed by atoms with van der Waals surface area (Å²) >= 11 is 0. The highest BCUT2D eigenvalue weighted by molar-refractivity contribution is 7.89. The first-order valence-electron chi connectivity index (χ1n) is 8.84. The second-order valence-electron chi connectivity index (χ2n) is 5.65. The van der Waals surface area contributed by atoms with Crippen molar-refractivity contribution < 1.29 is 27.4 Å². The van der Waals surface area contributed by atoms with Crippen molar-refractivity contribution in [3.63, 3.8) is 0 Å². The Morgan fingerprint density at radius 3 is 1.93 bits per heavy atom. The van der Waals surface area contributed by atoms with Gasteiger partial charge in [-0.15, -0.1) is 0 Å². The molecule has 0 heterocycles. The number of sulfonamides is 1. The van der Waals surface area contributed by atoms with E-state index in [0.717, 1.165) is 5.56 Å². The highest BCUT2D eigenvalue weighted by atomic mass is 32.2. The molecule has 0 aromatic heterocycles. The summed E-state index contributed by atoms with van der Waals surface area (Å²) in [5.41, 5.74) is 12.3. The molecule has 0 saturated heterocycles. The first kappa shape index (κ1) is 23.8. The van der Waals surface area contributed by atoms with Crippen LogP contribution in [-0.2, 0) is 29.0 Å². The molecule has 0 spiro atoms. The third-order valence-corrected chi connectivity index (χ3v) is 4.93. The SMILES string of the molecule is Cc1cc(S(=O)(=O)NCCOCCOCCOCCOCCN)ccc1N. The monoisotopic (exact) mass is 405 g/mol. The Morgan fingerprint density at radius 2 is 1.41 bits per heavy atom. The lowest BCUT2D eigenvalue weighted by Crippen LogP contribution is -2.28. The van der Waals surface area contributed by atoms with Crippen molar-refractivity contribution in [2.24, 2.45) is 5.73 Å². The molecule has 0 fully saturated rings. The molecule has 0 amide bonds. The van der Waals surface area contributed by atoms with Crippen LogP contribution in [0.25, 0.3) is 0 Å². The molecule has 1 rings (SSSR count). The minimum Gasteiger partial charge on any atom is -0.399 e. The summed E-state index contributed by atoms with van der Waals surface area (Å²) in [6.45, 7) is 6.00. The molecule has 0 aliphatic carbocycles. The van der Waals surface area contributed by atoms with Crippen molar-refractivity contribution in [1.82, 2.24) is 4.72 Å². The van der Waals surface area contributed by atoms with Crippen LogP contribution in [0.3, 0.4) is 0 Å². The van der Waals surface area contributed by atoms with Crippen molar-refractivity contribution in [2.75, 3.05) is 71.7 Å². The van der Waals surface area contributed by atoms with Crippen LogP contribution < -0.4 is 16.2 Å². The Hall–Kier alpha value is -1.27. The van der Waals surface area contributed by atoms with E-state index in [1.807, 2.05) is 0 Å². The van der Waals surface area contributed by atoms with Gasteiger partial charge in [0.25, 0.3) is 0 Å². The molecule has 0 bridgehead atoms. The molecule has 0 saturated carbocycles. The maximum atomic E-state index is 12.2. The number of nitrogens with one attached hydrogen (secondary N) is 1. The lowest BCUT2D eigenvalue weighted by Gasteiger charge is -2.09. The Morgan fingerprint density at radius 1 is 0.889 bits per heavy atom. The van der Waals surface area contributed by atoms with E-state index in [-0.39, 0.29) is 18.0 Å². The van der Waals surface area contributed by atoms with Crippen molar-refractivity contribution in [1.29, 1.82) is 0 Å². The predicted molar refractivity (Wildman–Crippen MR) is 103 cm³/mol. The average Bonchev–Trinajstić information content (AvgIpc) is 2.64. The Labute approximate surface area is 161 Å². The standard InChI is InChI=1S/C17H31N3O6S/c1-15-14-16(2-3-17(15)19)27(21,22)20-5-7-24-9-11-26-13-12-25-10-8-23-6-4-18/h2-3,14,20H,4-13,18-19H2,1H3. The first-order chi connectivity index (χ1) is 13.0. The van der Waals surface area contributed by atoms with Gasteiger partial charge in [-0.2, -0.15) is 0 Å². The summed E-state index contributed by atoms with van der Waals surface area (Å²) < 4.78 is 47.9. The lowest BCUT2D eigenvalue weighted by atomic mass is 10.2. The van der Waals surface area contributed by atoms with Crippen molar-refractivity contribution >= 4 is 15.7 Å². The van der Waals surface area contributed by atoms with Gasteiger partial charge in [-0.3, -0.25) is 0 Å². The fourth-order valence-corrected chi connectivity index (χ4v) is 3.09. The van der Waals surface area contributed by atoms with Gasteiger partial charge in [-0.25, -0.2) is 13.1 Å². The van der Waals surface area contributed by atoms with Gasteiger partial charge in [0.2, 0.25) is 10.0 Å². The molecule has 0 aliphatic rings. The van der Waals surface area contributed by atoms with Crippen LogP contribution in [0.15, 0.2) is 23.1 Å². The van der Waals surface area contributed by atoms with Gasteiger partial charge in [-0.05, 0) is 30.7 Å². The minimum atomic E-state index is -3.57. The van der Waals surface area contributed by atoms with E-state index in [1.165, 1.54) is 6.07 Å². The van der Waals surface area contributed by atoms with E-state index in [0.29, 0.717) is 58.5 Å². The number of nitrogens with two attached hydrogens (primary N) is 2. The summed E-state index contributed by atoms with van der Waals surface area (Å²) in [5, 5.41) is 0. The normalized spacial score (nSPS) is 11.8. The van der Waals surface area contributed by atoms with E-state index in [1.54, 1.807) is 19.1 Å². The number of nitrogen functional groups attached to an aromatic ring is 1. The summed E-state index contributed by atoms with van der Waals surface area (Å²) in [7, 11) is -3.57. The number of aryl methyl sites for hydroxylation is 1. The van der Waals surface area contributed by atoms with E-state index < -0.39 is 10.0 Å². The molecule has 0 radical (unpaired) electrons. The van der Waals surface area contributed by atoms with Crippen LogP contribution in [-0.4, -0.2) is 74.4 Å². The molecule has 156 valence electrons. The second-order valence-corrected chi connectivity index (χ2v) is 7.42. The van der Waals surface area contributed by atoms with Crippen LogP contribution in [0.1, 0.15) is 5.56 Å². The fourth-order valence-electron chi connectivity index (χ4n) is 1.99. The largest absolute Gasteiger partial charge is 0.399 e. The van der Waals surface area contributed by atoms with Gasteiger partial charge in [0.15, 0.2) is 0 Å². The third kappa shape index (κ3) is 10.6.